The minimum atomic E-state index is -0.361. The van der Waals surface area contributed by atoms with Crippen molar-refractivity contribution >= 4 is 23.2 Å². The fourth-order valence-electron chi connectivity index (χ4n) is 3.54. The summed E-state index contributed by atoms with van der Waals surface area (Å²) in [6, 6.07) is 9.57. The van der Waals surface area contributed by atoms with Crippen molar-refractivity contribution < 1.29 is 14.0 Å². The van der Waals surface area contributed by atoms with Crippen LogP contribution in [0.3, 0.4) is 0 Å². The summed E-state index contributed by atoms with van der Waals surface area (Å²) >= 11 is 1.46. The molecule has 8 heteroatoms. The van der Waals surface area contributed by atoms with Crippen LogP contribution in [0, 0.1) is 5.82 Å². The Balaban J connectivity index is 1.73. The van der Waals surface area contributed by atoms with Gasteiger partial charge in [0.2, 0.25) is 0 Å². The van der Waals surface area contributed by atoms with Gasteiger partial charge in [0, 0.05) is 42.5 Å². The standard InChI is InChI=1S/C24H29FN4O2S/c1-4-13-29(23(30)18-9-11-19(25)12-10-18)15-20-8-7-14-28(20)16-22-26-21(17-32-22)24(31)27(5-2)6-3/h7-12,14,17H,4-6,13,15-16H2,1-3H3. The minimum Gasteiger partial charge on any atom is -0.343 e. The third-order valence-corrected chi connectivity index (χ3v) is 6.11. The normalized spacial score (nSPS) is 10.9. The SMILES string of the molecule is CCCN(Cc1cccn1Cc1nc(C(=O)N(CC)CC)cs1)C(=O)c1ccc(F)cc1. The molecule has 0 atom stereocenters. The van der Waals surface area contributed by atoms with E-state index >= 15 is 0 Å². The highest BCUT2D eigenvalue weighted by Crippen LogP contribution is 2.17. The molecule has 2 heterocycles. The van der Waals surface area contributed by atoms with Crippen LogP contribution in [0.25, 0.3) is 0 Å². The van der Waals surface area contributed by atoms with E-state index in [1.807, 2.05) is 43.7 Å². The molecule has 0 aliphatic carbocycles. The molecular formula is C24H29FN4O2S. The Labute approximate surface area is 192 Å². The first-order valence-corrected chi connectivity index (χ1v) is 11.8. The molecule has 2 amide bonds. The second-order valence-corrected chi connectivity index (χ2v) is 8.41. The van der Waals surface area contributed by atoms with Gasteiger partial charge < -0.3 is 14.4 Å². The van der Waals surface area contributed by atoms with Gasteiger partial charge in [0.15, 0.2) is 0 Å². The maximum atomic E-state index is 13.2. The van der Waals surface area contributed by atoms with Crippen LogP contribution in [-0.4, -0.2) is 50.8 Å². The Bertz CT molecular complexity index is 1040. The molecule has 6 nitrogen and oxygen atoms in total. The van der Waals surface area contributed by atoms with Crippen LogP contribution in [-0.2, 0) is 13.1 Å². The van der Waals surface area contributed by atoms with Crippen LogP contribution in [0.4, 0.5) is 4.39 Å². The molecule has 0 aliphatic heterocycles. The van der Waals surface area contributed by atoms with Crippen LogP contribution in [0.15, 0.2) is 48.0 Å². The molecule has 0 saturated carbocycles. The van der Waals surface area contributed by atoms with Crippen LogP contribution in [0.5, 0.6) is 0 Å². The van der Waals surface area contributed by atoms with Crippen LogP contribution in [0.2, 0.25) is 0 Å². The number of amides is 2. The van der Waals surface area contributed by atoms with Crippen LogP contribution in [0.1, 0.15) is 58.7 Å². The van der Waals surface area contributed by atoms with Gasteiger partial charge in [-0.1, -0.05) is 6.92 Å². The minimum absolute atomic E-state index is 0.0516. The molecule has 0 bridgehead atoms. The lowest BCUT2D eigenvalue weighted by Gasteiger charge is -2.23. The molecule has 170 valence electrons. The van der Waals surface area contributed by atoms with Gasteiger partial charge in [-0.05, 0) is 56.7 Å². The van der Waals surface area contributed by atoms with Crippen molar-refractivity contribution in [3.05, 3.63) is 75.8 Å². The summed E-state index contributed by atoms with van der Waals surface area (Å²) in [4.78, 5) is 33.6. The number of hydrogen-bond donors (Lipinski definition) is 0. The number of halogens is 1. The molecule has 0 fully saturated rings. The first-order chi connectivity index (χ1) is 15.5. The number of thiazole rings is 1. The topological polar surface area (TPSA) is 58.4 Å². The molecule has 3 rings (SSSR count). The van der Waals surface area contributed by atoms with Crippen molar-refractivity contribution in [1.29, 1.82) is 0 Å². The van der Waals surface area contributed by atoms with Crippen molar-refractivity contribution in [2.24, 2.45) is 0 Å². The summed E-state index contributed by atoms with van der Waals surface area (Å²) in [5, 5.41) is 2.64. The lowest BCUT2D eigenvalue weighted by molar-refractivity contribution is 0.0737. The molecule has 0 radical (unpaired) electrons. The number of benzene rings is 1. The highest BCUT2D eigenvalue weighted by Gasteiger charge is 2.19. The highest BCUT2D eigenvalue weighted by molar-refractivity contribution is 7.09. The van der Waals surface area contributed by atoms with E-state index in [1.54, 1.807) is 15.2 Å². The number of hydrogen-bond acceptors (Lipinski definition) is 4. The van der Waals surface area contributed by atoms with Crippen molar-refractivity contribution in [2.45, 2.75) is 40.3 Å². The summed E-state index contributed by atoms with van der Waals surface area (Å²) in [6.45, 7) is 8.80. The molecule has 0 saturated heterocycles. The van der Waals surface area contributed by atoms with Gasteiger partial charge >= 0.3 is 0 Å². The van der Waals surface area contributed by atoms with Gasteiger partial charge in [0.1, 0.15) is 16.5 Å². The van der Waals surface area contributed by atoms with Crippen molar-refractivity contribution in [1.82, 2.24) is 19.4 Å². The Morgan fingerprint density at radius 3 is 2.41 bits per heavy atom. The summed E-state index contributed by atoms with van der Waals surface area (Å²) in [5.74, 6) is -0.537. The van der Waals surface area contributed by atoms with Gasteiger partial charge in [0.05, 0.1) is 13.1 Å². The van der Waals surface area contributed by atoms with Crippen LogP contribution >= 0.6 is 11.3 Å². The monoisotopic (exact) mass is 456 g/mol. The van der Waals surface area contributed by atoms with Gasteiger partial charge in [-0.15, -0.1) is 11.3 Å². The van der Waals surface area contributed by atoms with Crippen molar-refractivity contribution in [2.75, 3.05) is 19.6 Å². The van der Waals surface area contributed by atoms with E-state index in [9.17, 15) is 14.0 Å². The predicted octanol–water partition coefficient (Wildman–Crippen LogP) is 4.67. The molecular weight excluding hydrogens is 427 g/mol. The maximum Gasteiger partial charge on any atom is 0.273 e. The maximum absolute atomic E-state index is 13.2. The largest absolute Gasteiger partial charge is 0.343 e. The fraction of sp³-hybridized carbons (Fsp3) is 0.375. The molecule has 2 aromatic heterocycles. The molecule has 3 aromatic rings. The van der Waals surface area contributed by atoms with Crippen molar-refractivity contribution in [3.63, 3.8) is 0 Å². The van der Waals surface area contributed by atoms with Crippen LogP contribution < -0.4 is 0 Å². The third-order valence-electron chi connectivity index (χ3n) is 5.28. The average Bonchev–Trinajstić information content (AvgIpc) is 3.44. The molecule has 0 N–H and O–H groups in total. The van der Waals surface area contributed by atoms with Crippen molar-refractivity contribution in [3.8, 4) is 0 Å². The summed E-state index contributed by atoms with van der Waals surface area (Å²) < 4.78 is 15.3. The van der Waals surface area contributed by atoms with E-state index in [4.69, 9.17) is 0 Å². The number of carbonyl (C=O) groups excluding carboxylic acids is 2. The zero-order valence-electron chi connectivity index (χ0n) is 18.8. The summed E-state index contributed by atoms with van der Waals surface area (Å²) in [5.41, 5.74) is 1.92. The fourth-order valence-corrected chi connectivity index (χ4v) is 4.31. The lowest BCUT2D eigenvalue weighted by atomic mass is 10.2. The number of rotatable bonds is 10. The highest BCUT2D eigenvalue weighted by atomic mass is 32.1. The van der Waals surface area contributed by atoms with Gasteiger partial charge in [0.25, 0.3) is 11.8 Å². The number of nitrogens with zero attached hydrogens (tertiary/aromatic N) is 4. The molecule has 0 unspecified atom stereocenters. The molecule has 0 aliphatic rings. The Kier molecular flexibility index (Phi) is 8.16. The zero-order chi connectivity index (χ0) is 23.1. The van der Waals surface area contributed by atoms with Gasteiger partial charge in [-0.25, -0.2) is 9.37 Å². The predicted molar refractivity (Wildman–Crippen MR) is 124 cm³/mol. The van der Waals surface area contributed by atoms with E-state index in [-0.39, 0.29) is 17.6 Å². The number of aromatic nitrogens is 2. The lowest BCUT2D eigenvalue weighted by Crippen LogP contribution is -2.32. The van der Waals surface area contributed by atoms with E-state index in [2.05, 4.69) is 4.98 Å². The summed E-state index contributed by atoms with van der Waals surface area (Å²) in [7, 11) is 0. The zero-order valence-corrected chi connectivity index (χ0v) is 19.6. The third kappa shape index (κ3) is 5.62. The summed E-state index contributed by atoms with van der Waals surface area (Å²) in [6.07, 6.45) is 2.77. The molecule has 0 spiro atoms. The first kappa shape index (κ1) is 23.7. The average molecular weight is 457 g/mol. The smallest absolute Gasteiger partial charge is 0.273 e. The second kappa shape index (κ2) is 11.0. The first-order valence-electron chi connectivity index (χ1n) is 10.9. The van der Waals surface area contributed by atoms with E-state index in [0.29, 0.717) is 44.0 Å². The molecule has 32 heavy (non-hydrogen) atoms. The Morgan fingerprint density at radius 2 is 1.75 bits per heavy atom. The van der Waals surface area contributed by atoms with Gasteiger partial charge in [-0.2, -0.15) is 0 Å². The Hall–Kier alpha value is -3.00. The van der Waals surface area contributed by atoms with E-state index in [0.717, 1.165) is 17.1 Å². The second-order valence-electron chi connectivity index (χ2n) is 7.46. The van der Waals surface area contributed by atoms with E-state index < -0.39 is 0 Å². The number of carbonyl (C=O) groups is 2. The quantitative estimate of drug-likeness (QED) is 0.446. The van der Waals surface area contributed by atoms with E-state index in [1.165, 1.54) is 35.6 Å². The molecule has 1 aromatic carbocycles. The Morgan fingerprint density at radius 1 is 1.03 bits per heavy atom. The van der Waals surface area contributed by atoms with Gasteiger partial charge in [-0.3, -0.25) is 9.59 Å².